The lowest BCUT2D eigenvalue weighted by molar-refractivity contribution is -0.130. The average molecular weight is 643 g/mol. The molecule has 0 saturated carbocycles. The Morgan fingerprint density at radius 2 is 1.67 bits per heavy atom. The Hall–Kier alpha value is -3.98. The minimum atomic E-state index is -1.30. The zero-order valence-electron chi connectivity index (χ0n) is 24.1. The van der Waals surface area contributed by atoms with E-state index >= 15 is 0 Å². The van der Waals surface area contributed by atoms with Gasteiger partial charge in [0.1, 0.15) is 5.75 Å². The van der Waals surface area contributed by atoms with Gasteiger partial charge >= 0.3 is 0 Å². The van der Waals surface area contributed by atoms with Crippen molar-refractivity contribution in [3.05, 3.63) is 135 Å². The quantitative estimate of drug-likeness (QED) is 0.125. The van der Waals surface area contributed by atoms with E-state index in [-0.39, 0.29) is 12.5 Å². The molecule has 1 amide bonds. The maximum Gasteiger partial charge on any atom is 0.266 e. The van der Waals surface area contributed by atoms with Crippen LogP contribution in [-0.4, -0.2) is 42.2 Å². The van der Waals surface area contributed by atoms with E-state index in [1.54, 1.807) is 0 Å². The molecule has 43 heavy (non-hydrogen) atoms. The second-order valence-corrected chi connectivity index (χ2v) is 11.4. The number of halogens is 1. The van der Waals surface area contributed by atoms with Crippen LogP contribution in [0.25, 0.3) is 0 Å². The van der Waals surface area contributed by atoms with Gasteiger partial charge in [-0.3, -0.25) is 10.2 Å². The van der Waals surface area contributed by atoms with Crippen LogP contribution in [0.3, 0.4) is 0 Å². The first-order valence-corrected chi connectivity index (χ1v) is 15.3. The normalized spacial score (nSPS) is 17.7. The van der Waals surface area contributed by atoms with E-state index in [1.807, 2.05) is 78.9 Å². The highest BCUT2D eigenvalue weighted by molar-refractivity contribution is 9.10. The zero-order valence-corrected chi connectivity index (χ0v) is 25.7. The number of hydrazine groups is 1. The monoisotopic (exact) mass is 641 g/mol. The molecule has 3 N–H and O–H groups in total. The Morgan fingerprint density at radius 1 is 0.953 bits per heavy atom. The predicted octanol–water partition coefficient (Wildman–Crippen LogP) is 5.88. The number of hydrogen-bond acceptors (Lipinski definition) is 6. The molecule has 5 rings (SSSR count). The van der Waals surface area contributed by atoms with Gasteiger partial charge < -0.3 is 14.6 Å². The molecule has 2 atom stereocenters. The van der Waals surface area contributed by atoms with Crippen LogP contribution in [-0.2, 0) is 22.4 Å². The van der Waals surface area contributed by atoms with Gasteiger partial charge in [0, 0.05) is 41.6 Å². The van der Waals surface area contributed by atoms with Crippen molar-refractivity contribution < 1.29 is 19.4 Å². The maximum atomic E-state index is 14.3. The van der Waals surface area contributed by atoms with E-state index in [1.165, 1.54) is 11.1 Å². The number of rotatable bonds is 13. The lowest BCUT2D eigenvalue weighted by atomic mass is 9.82. The summed E-state index contributed by atoms with van der Waals surface area (Å²) in [5.41, 5.74) is 9.74. The lowest BCUT2D eigenvalue weighted by Crippen LogP contribution is -2.54. The van der Waals surface area contributed by atoms with Gasteiger partial charge in [-0.1, -0.05) is 94.3 Å². The molecule has 1 heterocycles. The third-order valence-corrected chi connectivity index (χ3v) is 8.12. The Balaban J connectivity index is 1.46. The average Bonchev–Trinajstić information content (AvgIpc) is 3.41. The molecule has 1 aliphatic heterocycles. The topological polar surface area (TPSA) is 92.2 Å². The molecule has 0 unspecified atom stereocenters. The number of aliphatic hydroxyl groups is 1. The first-order valence-electron chi connectivity index (χ1n) is 14.5. The largest absolute Gasteiger partial charge is 0.494 e. The lowest BCUT2D eigenvalue weighted by Gasteiger charge is -2.31. The first-order chi connectivity index (χ1) is 21.0. The predicted molar refractivity (Wildman–Crippen MR) is 172 cm³/mol. The van der Waals surface area contributed by atoms with Gasteiger partial charge in [-0.25, -0.2) is 10.4 Å². The molecular formula is C35H36BrN3O4. The second-order valence-electron chi connectivity index (χ2n) is 10.6. The number of aryl methyl sites for hydroxylation is 1. The third-order valence-electron chi connectivity index (χ3n) is 7.40. The highest BCUT2D eigenvalue weighted by Gasteiger charge is 2.53. The Labute approximate surface area is 261 Å². The summed E-state index contributed by atoms with van der Waals surface area (Å²) in [6.45, 7) is 3.13. The molecule has 0 saturated heterocycles. The molecule has 0 fully saturated rings. The van der Waals surface area contributed by atoms with Crippen LogP contribution in [0.4, 0.5) is 0 Å². The van der Waals surface area contributed by atoms with E-state index in [4.69, 9.17) is 19.6 Å². The van der Waals surface area contributed by atoms with E-state index in [9.17, 15) is 4.79 Å². The standard InChI is InChI=1S/C35H36BrN3O4/c1-25-12-14-26(15-13-25)20-21-37-39-34(41)35(24-27-8-3-2-4-9-27)32(30-10-5-6-11-31(30)36)43-33(38-35)28-16-18-29(19-17-28)42-23-7-22-40/h2-6,8-19,32,37,40H,7,20-24H2,1H3,(H,39,41)/t32-,35-/m0/s1. The summed E-state index contributed by atoms with van der Waals surface area (Å²) in [6, 6.07) is 33.5. The van der Waals surface area contributed by atoms with E-state index in [2.05, 4.69) is 58.0 Å². The number of benzene rings is 4. The number of aliphatic hydroxyl groups excluding tert-OH is 1. The van der Waals surface area contributed by atoms with Gasteiger partial charge in [0.25, 0.3) is 5.91 Å². The molecule has 0 aromatic heterocycles. The summed E-state index contributed by atoms with van der Waals surface area (Å²) < 4.78 is 13.1. The van der Waals surface area contributed by atoms with Crippen molar-refractivity contribution in [3.63, 3.8) is 0 Å². The van der Waals surface area contributed by atoms with Crippen LogP contribution in [0.1, 0.15) is 40.3 Å². The minimum absolute atomic E-state index is 0.0749. The van der Waals surface area contributed by atoms with Crippen LogP contribution >= 0.6 is 15.9 Å². The molecule has 222 valence electrons. The summed E-state index contributed by atoms with van der Waals surface area (Å²) >= 11 is 3.69. The number of nitrogens with one attached hydrogen (secondary N) is 2. The molecule has 4 aromatic rings. The first kappa shape index (κ1) is 30.5. The Kier molecular flexibility index (Phi) is 10.3. The van der Waals surface area contributed by atoms with Gasteiger partial charge in [0.15, 0.2) is 11.6 Å². The van der Waals surface area contributed by atoms with Crippen molar-refractivity contribution in [1.29, 1.82) is 0 Å². The number of amides is 1. The molecule has 0 spiro atoms. The number of carbonyl (C=O) groups excluding carboxylic acids is 1. The van der Waals surface area contributed by atoms with Crippen LogP contribution < -0.4 is 15.6 Å². The summed E-state index contributed by atoms with van der Waals surface area (Å²) in [5, 5.41) is 9.05. The summed E-state index contributed by atoms with van der Waals surface area (Å²) in [6.07, 6.45) is 0.952. The molecule has 0 bridgehead atoms. The van der Waals surface area contributed by atoms with Crippen molar-refractivity contribution in [2.45, 2.75) is 37.8 Å². The molecular weight excluding hydrogens is 606 g/mol. The van der Waals surface area contributed by atoms with Crippen molar-refractivity contribution >= 4 is 27.7 Å². The van der Waals surface area contributed by atoms with Gasteiger partial charge in [-0.05, 0) is 54.8 Å². The highest BCUT2D eigenvalue weighted by atomic mass is 79.9. The van der Waals surface area contributed by atoms with E-state index in [0.717, 1.165) is 27.6 Å². The molecule has 0 aliphatic carbocycles. The smallest absolute Gasteiger partial charge is 0.266 e. The zero-order chi connectivity index (χ0) is 30.1. The number of nitrogens with zero attached hydrogens (tertiary/aromatic N) is 1. The van der Waals surface area contributed by atoms with Crippen LogP contribution in [0.15, 0.2) is 113 Å². The number of carbonyl (C=O) groups is 1. The van der Waals surface area contributed by atoms with Gasteiger partial charge in [-0.15, -0.1) is 0 Å². The maximum absolute atomic E-state index is 14.3. The SMILES string of the molecule is Cc1ccc(CCNNC(=O)[C@@]2(Cc3ccccc3)N=C(c3ccc(OCCCO)cc3)O[C@H]2c2ccccc2Br)cc1. The molecule has 0 radical (unpaired) electrons. The number of aliphatic imine (C=N–C) groups is 1. The Bertz CT molecular complexity index is 1530. The van der Waals surface area contributed by atoms with Crippen LogP contribution in [0, 0.1) is 6.92 Å². The van der Waals surface area contributed by atoms with E-state index in [0.29, 0.717) is 37.6 Å². The fourth-order valence-corrected chi connectivity index (χ4v) is 5.56. The van der Waals surface area contributed by atoms with Crippen molar-refractivity contribution in [2.24, 2.45) is 4.99 Å². The number of ether oxygens (including phenoxy) is 2. The Morgan fingerprint density at radius 3 is 2.40 bits per heavy atom. The third kappa shape index (κ3) is 7.51. The van der Waals surface area contributed by atoms with Crippen LogP contribution in [0.2, 0.25) is 0 Å². The van der Waals surface area contributed by atoms with Crippen LogP contribution in [0.5, 0.6) is 5.75 Å². The highest BCUT2D eigenvalue weighted by Crippen LogP contribution is 2.44. The summed E-state index contributed by atoms with van der Waals surface area (Å²) in [7, 11) is 0. The fourth-order valence-electron chi connectivity index (χ4n) is 5.07. The van der Waals surface area contributed by atoms with Crippen molar-refractivity contribution in [2.75, 3.05) is 19.8 Å². The van der Waals surface area contributed by atoms with E-state index < -0.39 is 11.6 Å². The molecule has 8 heteroatoms. The molecule has 7 nitrogen and oxygen atoms in total. The van der Waals surface area contributed by atoms with Gasteiger partial charge in [0.2, 0.25) is 5.90 Å². The fraction of sp³-hybridized carbons (Fsp3) is 0.257. The summed E-state index contributed by atoms with van der Waals surface area (Å²) in [4.78, 5) is 19.4. The minimum Gasteiger partial charge on any atom is -0.494 e. The van der Waals surface area contributed by atoms with Crippen molar-refractivity contribution in [1.82, 2.24) is 10.9 Å². The second kappa shape index (κ2) is 14.5. The number of hydrogen-bond donors (Lipinski definition) is 3. The van der Waals surface area contributed by atoms with Crippen molar-refractivity contribution in [3.8, 4) is 5.75 Å². The molecule has 1 aliphatic rings. The molecule has 4 aromatic carbocycles. The van der Waals surface area contributed by atoms with Gasteiger partial charge in [0.05, 0.1) is 6.61 Å². The summed E-state index contributed by atoms with van der Waals surface area (Å²) in [5.74, 6) is 0.789. The van der Waals surface area contributed by atoms with Gasteiger partial charge in [-0.2, -0.15) is 0 Å².